The molecule has 0 spiro atoms. The molecule has 3 nitrogen and oxygen atoms in total. The standard InChI is InChI=1S/C9H14O3S/c1-4-7(11)9(8(12)5-2)13-6(3)10/h9H,4-5H2,1-3H3. The molecule has 0 aromatic rings. The first kappa shape index (κ1) is 12.4. The fraction of sp³-hybridized carbons (Fsp3) is 0.667. The maximum absolute atomic E-state index is 11.3. The van der Waals surface area contributed by atoms with E-state index < -0.39 is 5.25 Å². The molecule has 13 heavy (non-hydrogen) atoms. The van der Waals surface area contributed by atoms with Gasteiger partial charge >= 0.3 is 0 Å². The third-order valence-electron chi connectivity index (χ3n) is 1.57. The Kier molecular flexibility index (Phi) is 5.62. The second kappa shape index (κ2) is 5.91. The summed E-state index contributed by atoms with van der Waals surface area (Å²) >= 11 is 0.827. The molecule has 0 saturated carbocycles. The highest BCUT2D eigenvalue weighted by molar-refractivity contribution is 8.15. The Labute approximate surface area is 82.3 Å². The number of hydrogen-bond donors (Lipinski definition) is 0. The first-order valence-corrected chi connectivity index (χ1v) is 5.13. The molecular formula is C9H14O3S. The summed E-state index contributed by atoms with van der Waals surface area (Å²) in [6.45, 7) is 4.75. The monoisotopic (exact) mass is 202 g/mol. The average Bonchev–Trinajstić information content (AvgIpc) is 2.11. The lowest BCUT2D eigenvalue weighted by Crippen LogP contribution is -2.27. The van der Waals surface area contributed by atoms with Gasteiger partial charge in [-0.05, 0) is 0 Å². The van der Waals surface area contributed by atoms with Crippen LogP contribution in [-0.2, 0) is 14.4 Å². The molecule has 0 aromatic carbocycles. The topological polar surface area (TPSA) is 51.2 Å². The second-order valence-corrected chi connectivity index (χ2v) is 3.91. The molecule has 0 unspecified atom stereocenters. The maximum Gasteiger partial charge on any atom is 0.186 e. The van der Waals surface area contributed by atoms with E-state index in [2.05, 4.69) is 0 Å². The van der Waals surface area contributed by atoms with Crippen LogP contribution in [0.15, 0.2) is 0 Å². The van der Waals surface area contributed by atoms with Crippen molar-refractivity contribution in [2.45, 2.75) is 38.9 Å². The number of Topliss-reactive ketones (excluding diaryl/α,β-unsaturated/α-hetero) is 2. The minimum absolute atomic E-state index is 0.160. The zero-order chi connectivity index (χ0) is 10.4. The van der Waals surface area contributed by atoms with E-state index >= 15 is 0 Å². The number of ketones is 2. The summed E-state index contributed by atoms with van der Waals surface area (Å²) in [5, 5.41) is -0.957. The van der Waals surface area contributed by atoms with Crippen molar-refractivity contribution in [2.24, 2.45) is 0 Å². The van der Waals surface area contributed by atoms with Gasteiger partial charge in [0.1, 0.15) is 5.25 Å². The van der Waals surface area contributed by atoms with Crippen LogP contribution in [0.5, 0.6) is 0 Å². The molecule has 0 radical (unpaired) electrons. The highest BCUT2D eigenvalue weighted by Crippen LogP contribution is 2.16. The number of thioether (sulfide) groups is 1. The van der Waals surface area contributed by atoms with Crippen molar-refractivity contribution < 1.29 is 14.4 Å². The average molecular weight is 202 g/mol. The van der Waals surface area contributed by atoms with Crippen molar-refractivity contribution in [1.82, 2.24) is 0 Å². The van der Waals surface area contributed by atoms with Crippen molar-refractivity contribution in [3.05, 3.63) is 0 Å². The van der Waals surface area contributed by atoms with Gasteiger partial charge in [0.25, 0.3) is 0 Å². The van der Waals surface area contributed by atoms with Crippen LogP contribution in [0.2, 0.25) is 0 Å². The number of carbonyl (C=O) groups is 3. The van der Waals surface area contributed by atoms with Gasteiger partial charge in [0.05, 0.1) is 0 Å². The molecular weight excluding hydrogens is 188 g/mol. The Morgan fingerprint density at radius 3 is 1.69 bits per heavy atom. The van der Waals surface area contributed by atoms with Crippen molar-refractivity contribution in [3.63, 3.8) is 0 Å². The fourth-order valence-electron chi connectivity index (χ4n) is 0.848. The molecule has 0 aliphatic heterocycles. The lowest BCUT2D eigenvalue weighted by Gasteiger charge is -2.09. The predicted octanol–water partition coefficient (Wildman–Crippen LogP) is 1.59. The summed E-state index contributed by atoms with van der Waals surface area (Å²) in [5.74, 6) is -0.320. The Morgan fingerprint density at radius 2 is 1.46 bits per heavy atom. The van der Waals surface area contributed by atoms with Crippen molar-refractivity contribution in [3.8, 4) is 0 Å². The Morgan fingerprint density at radius 1 is 1.08 bits per heavy atom. The van der Waals surface area contributed by atoms with Gasteiger partial charge in [0, 0.05) is 19.8 Å². The summed E-state index contributed by atoms with van der Waals surface area (Å²) in [7, 11) is 0. The first-order valence-electron chi connectivity index (χ1n) is 4.25. The van der Waals surface area contributed by atoms with E-state index in [1.54, 1.807) is 13.8 Å². The third-order valence-corrected chi connectivity index (χ3v) is 2.66. The minimum Gasteiger partial charge on any atom is -0.298 e. The van der Waals surface area contributed by atoms with E-state index in [1.165, 1.54) is 6.92 Å². The molecule has 0 aromatic heterocycles. The summed E-state index contributed by atoms with van der Waals surface area (Å²) in [6, 6.07) is 0. The molecule has 0 saturated heterocycles. The second-order valence-electron chi connectivity index (χ2n) is 2.63. The van der Waals surface area contributed by atoms with Crippen LogP contribution in [0.3, 0.4) is 0 Å². The Bertz CT molecular complexity index is 207. The van der Waals surface area contributed by atoms with Gasteiger partial charge in [-0.2, -0.15) is 0 Å². The molecule has 0 amide bonds. The van der Waals surface area contributed by atoms with Gasteiger partial charge in [0.2, 0.25) is 0 Å². The quantitative estimate of drug-likeness (QED) is 0.635. The fourth-order valence-corrected chi connectivity index (χ4v) is 1.78. The van der Waals surface area contributed by atoms with Crippen LogP contribution in [0.25, 0.3) is 0 Å². The van der Waals surface area contributed by atoms with Crippen LogP contribution in [0, 0.1) is 0 Å². The molecule has 0 bridgehead atoms. The molecule has 4 heteroatoms. The van der Waals surface area contributed by atoms with Crippen LogP contribution in [0.4, 0.5) is 0 Å². The SMILES string of the molecule is CCC(=O)C(SC(C)=O)C(=O)CC. The normalized spacial score (nSPS) is 10.2. The van der Waals surface area contributed by atoms with Gasteiger partial charge < -0.3 is 0 Å². The largest absolute Gasteiger partial charge is 0.298 e. The van der Waals surface area contributed by atoms with Crippen LogP contribution in [-0.4, -0.2) is 21.9 Å². The van der Waals surface area contributed by atoms with Gasteiger partial charge in [-0.1, -0.05) is 25.6 Å². The number of hydrogen-bond acceptors (Lipinski definition) is 4. The molecule has 0 aliphatic rings. The van der Waals surface area contributed by atoms with E-state index in [9.17, 15) is 14.4 Å². The van der Waals surface area contributed by atoms with Gasteiger partial charge in [-0.3, -0.25) is 14.4 Å². The number of rotatable bonds is 5. The van der Waals surface area contributed by atoms with E-state index in [0.29, 0.717) is 12.8 Å². The Balaban J connectivity index is 4.45. The molecule has 0 fully saturated rings. The van der Waals surface area contributed by atoms with E-state index in [-0.39, 0.29) is 16.7 Å². The van der Waals surface area contributed by atoms with Gasteiger partial charge in [0.15, 0.2) is 16.7 Å². The van der Waals surface area contributed by atoms with E-state index in [1.807, 2.05) is 0 Å². The third kappa shape index (κ3) is 4.22. The predicted molar refractivity (Wildman–Crippen MR) is 52.7 cm³/mol. The lowest BCUT2D eigenvalue weighted by atomic mass is 10.1. The summed E-state index contributed by atoms with van der Waals surface area (Å²) < 4.78 is 0. The maximum atomic E-state index is 11.3. The smallest absolute Gasteiger partial charge is 0.186 e. The highest BCUT2D eigenvalue weighted by Gasteiger charge is 2.25. The highest BCUT2D eigenvalue weighted by atomic mass is 32.2. The van der Waals surface area contributed by atoms with Crippen molar-refractivity contribution >= 4 is 28.4 Å². The van der Waals surface area contributed by atoms with Gasteiger partial charge in [-0.25, -0.2) is 0 Å². The van der Waals surface area contributed by atoms with E-state index in [4.69, 9.17) is 0 Å². The lowest BCUT2D eigenvalue weighted by molar-refractivity contribution is -0.126. The van der Waals surface area contributed by atoms with Crippen LogP contribution >= 0.6 is 11.8 Å². The van der Waals surface area contributed by atoms with Crippen LogP contribution < -0.4 is 0 Å². The molecule has 0 aliphatic carbocycles. The molecule has 0 N–H and O–H groups in total. The van der Waals surface area contributed by atoms with Gasteiger partial charge in [-0.15, -0.1) is 0 Å². The zero-order valence-corrected chi connectivity index (χ0v) is 8.94. The van der Waals surface area contributed by atoms with Crippen LogP contribution in [0.1, 0.15) is 33.6 Å². The van der Waals surface area contributed by atoms with Crippen molar-refractivity contribution in [1.29, 1.82) is 0 Å². The summed E-state index contributed by atoms with van der Waals surface area (Å²) in [6.07, 6.45) is 0.605. The van der Waals surface area contributed by atoms with E-state index in [0.717, 1.165) is 11.8 Å². The first-order chi connectivity index (χ1) is 6.02. The van der Waals surface area contributed by atoms with Crippen molar-refractivity contribution in [2.75, 3.05) is 0 Å². The minimum atomic E-state index is -0.771. The Hall–Kier alpha value is -0.640. The summed E-state index contributed by atoms with van der Waals surface area (Å²) in [4.78, 5) is 33.3. The molecule has 0 atom stereocenters. The summed E-state index contributed by atoms with van der Waals surface area (Å²) in [5.41, 5.74) is 0. The molecule has 0 rings (SSSR count). The zero-order valence-electron chi connectivity index (χ0n) is 8.12. The molecule has 74 valence electrons. The molecule has 0 heterocycles. The number of carbonyl (C=O) groups excluding carboxylic acids is 3.